The zero-order chi connectivity index (χ0) is 31.0. The lowest BCUT2D eigenvalue weighted by Gasteiger charge is -2.08. The molecule has 2 rings (SSSR count). The maximum absolute atomic E-state index is 11.1. The first-order valence-electron chi connectivity index (χ1n) is 14.1. The number of carbonyl (C=O) groups is 1. The van der Waals surface area contributed by atoms with Gasteiger partial charge in [0.2, 0.25) is 0 Å². The molecule has 248 valence electrons. The standard InChI is InChI=1S/C27H42O7S9/c1-21(30)36-17-5-3-4-6-18-37-23-22(35-2)40-26(41-23)27-42-24(38-19-15-33-13-11-31-9-7-28)25(43-27)39-20-16-34-14-12-32-10-8-29/h3-20H2,1-2H3/q-2. The van der Waals surface area contributed by atoms with Crippen molar-refractivity contribution in [2.24, 2.45) is 0 Å². The van der Waals surface area contributed by atoms with Gasteiger partial charge in [0.15, 0.2) is 5.12 Å². The van der Waals surface area contributed by atoms with Crippen molar-refractivity contribution in [1.29, 1.82) is 0 Å². The molecule has 43 heavy (non-hydrogen) atoms. The molecule has 0 aromatic heterocycles. The predicted octanol–water partition coefficient (Wildman–Crippen LogP) is 6.52. The van der Waals surface area contributed by atoms with Gasteiger partial charge in [-0.3, -0.25) is 4.79 Å². The van der Waals surface area contributed by atoms with E-state index >= 15 is 0 Å². The van der Waals surface area contributed by atoms with E-state index in [0.29, 0.717) is 39.6 Å². The van der Waals surface area contributed by atoms with Crippen LogP contribution in [0.25, 0.3) is 0 Å². The van der Waals surface area contributed by atoms with Crippen molar-refractivity contribution in [1.82, 2.24) is 0 Å². The van der Waals surface area contributed by atoms with Crippen LogP contribution < -0.4 is 10.2 Å². The summed E-state index contributed by atoms with van der Waals surface area (Å²) in [5.74, 6) is 3.77. The van der Waals surface area contributed by atoms with E-state index in [1.54, 1.807) is 6.92 Å². The summed E-state index contributed by atoms with van der Waals surface area (Å²) in [7, 11) is 0. The SMILES string of the molecule is CSC1=C(SCCCCCCSC(C)=O)SC(=C2SC(SCCOCCOCC[O-])=C(SCCOCCOCC[O-])S2)S1. The minimum Gasteiger partial charge on any atom is -0.853 e. The molecule has 0 saturated heterocycles. The normalized spacial score (nSPS) is 15.5. The first-order valence-corrected chi connectivity index (χ1v) is 22.5. The van der Waals surface area contributed by atoms with Crippen molar-refractivity contribution in [3.8, 4) is 0 Å². The molecule has 0 bridgehead atoms. The van der Waals surface area contributed by atoms with Gasteiger partial charge >= 0.3 is 0 Å². The Bertz CT molecular complexity index is 853. The third-order valence-corrected chi connectivity index (χ3v) is 17.5. The fourth-order valence-electron chi connectivity index (χ4n) is 3.19. The highest BCUT2D eigenvalue weighted by Gasteiger charge is 2.30. The first kappa shape index (κ1) is 41.0. The van der Waals surface area contributed by atoms with Crippen LogP contribution in [0.2, 0.25) is 0 Å². The summed E-state index contributed by atoms with van der Waals surface area (Å²) in [5, 5.41) is 21.2. The second-order valence-electron chi connectivity index (χ2n) is 8.49. The van der Waals surface area contributed by atoms with Crippen LogP contribution in [0, 0.1) is 0 Å². The van der Waals surface area contributed by atoms with Crippen LogP contribution in [-0.4, -0.2) is 100 Å². The third-order valence-electron chi connectivity index (χ3n) is 5.13. The van der Waals surface area contributed by atoms with Crippen molar-refractivity contribution in [2.75, 3.05) is 95.3 Å². The van der Waals surface area contributed by atoms with E-state index < -0.39 is 0 Å². The second kappa shape index (κ2) is 27.7. The predicted molar refractivity (Wildman–Crippen MR) is 197 cm³/mol. The van der Waals surface area contributed by atoms with Gasteiger partial charge in [0.1, 0.15) is 0 Å². The number of unbranched alkanes of at least 4 members (excludes halogenated alkanes) is 3. The summed E-state index contributed by atoms with van der Waals surface area (Å²) in [6.45, 7) is 4.87. The lowest BCUT2D eigenvalue weighted by Crippen LogP contribution is -2.15. The molecule has 0 aromatic carbocycles. The molecule has 0 radical (unpaired) electrons. The van der Waals surface area contributed by atoms with E-state index in [4.69, 9.17) is 18.9 Å². The van der Waals surface area contributed by atoms with Crippen LogP contribution >= 0.6 is 106 Å². The molecule has 0 aliphatic carbocycles. The topological polar surface area (TPSA) is 100 Å². The van der Waals surface area contributed by atoms with Crippen LogP contribution in [0.4, 0.5) is 0 Å². The highest BCUT2D eigenvalue weighted by atomic mass is 32.3. The molecule has 0 N–H and O–H groups in total. The van der Waals surface area contributed by atoms with E-state index in [2.05, 4.69) is 6.26 Å². The molecule has 0 amide bonds. The van der Waals surface area contributed by atoms with E-state index in [1.165, 1.54) is 56.4 Å². The second-order valence-corrected chi connectivity index (χ2v) is 19.5. The Morgan fingerprint density at radius 3 is 1.47 bits per heavy atom. The highest BCUT2D eigenvalue weighted by molar-refractivity contribution is 8.45. The van der Waals surface area contributed by atoms with Gasteiger partial charge in [-0.2, -0.15) is 0 Å². The fraction of sp³-hybridized carbons (Fsp3) is 0.741. The number of hydrogen-bond acceptors (Lipinski definition) is 16. The molecule has 0 aromatic rings. The zero-order valence-corrected chi connectivity index (χ0v) is 32.1. The monoisotopic (exact) mass is 766 g/mol. The van der Waals surface area contributed by atoms with Gasteiger partial charge in [0.05, 0.1) is 65.1 Å². The van der Waals surface area contributed by atoms with Crippen molar-refractivity contribution < 1.29 is 34.0 Å². The fourth-order valence-corrected chi connectivity index (χ4v) is 15.3. The molecule has 0 unspecified atom stereocenters. The van der Waals surface area contributed by atoms with Crippen LogP contribution in [0.1, 0.15) is 32.6 Å². The molecule has 2 aliphatic rings. The van der Waals surface area contributed by atoms with Gasteiger partial charge in [-0.1, -0.05) is 71.7 Å². The molecule has 0 fully saturated rings. The van der Waals surface area contributed by atoms with E-state index in [9.17, 15) is 15.0 Å². The highest BCUT2D eigenvalue weighted by Crippen LogP contribution is 2.65. The minimum atomic E-state index is -0.217. The van der Waals surface area contributed by atoms with Crippen molar-refractivity contribution in [2.45, 2.75) is 32.6 Å². The van der Waals surface area contributed by atoms with Crippen molar-refractivity contribution in [3.63, 3.8) is 0 Å². The number of hydrogen-bond donors (Lipinski definition) is 0. The Hall–Kier alpha value is 1.80. The Labute approximate surface area is 295 Å². The molecule has 0 spiro atoms. The van der Waals surface area contributed by atoms with Gasteiger partial charge < -0.3 is 29.2 Å². The quantitative estimate of drug-likeness (QED) is 0.0849. The van der Waals surface area contributed by atoms with E-state index in [-0.39, 0.29) is 31.5 Å². The smallest absolute Gasteiger partial charge is 0.185 e. The number of thioether (sulfide) groups is 9. The van der Waals surface area contributed by atoms with Gasteiger partial charge in [-0.15, -0.1) is 60.3 Å². The summed E-state index contributed by atoms with van der Waals surface area (Å²) < 4.78 is 30.0. The summed E-state index contributed by atoms with van der Waals surface area (Å²) in [6, 6.07) is 0. The molecule has 16 heteroatoms. The zero-order valence-electron chi connectivity index (χ0n) is 24.8. The summed E-state index contributed by atoms with van der Waals surface area (Å²) in [6.07, 6.45) is 6.88. The Balaban J connectivity index is 1.82. The molecular weight excluding hydrogens is 725 g/mol. The number of rotatable bonds is 27. The molecular formula is C27H42O7S9-2. The minimum absolute atomic E-state index is 0.214. The van der Waals surface area contributed by atoms with Crippen LogP contribution in [0.3, 0.4) is 0 Å². The average molecular weight is 767 g/mol. The Morgan fingerprint density at radius 1 is 0.581 bits per heavy atom. The van der Waals surface area contributed by atoms with Gasteiger partial charge in [0.25, 0.3) is 0 Å². The summed E-state index contributed by atoms with van der Waals surface area (Å²) >= 11 is 16.5. The lowest BCUT2D eigenvalue weighted by molar-refractivity contribution is -0.374. The molecule has 7 nitrogen and oxygen atoms in total. The summed E-state index contributed by atoms with van der Waals surface area (Å²) in [4.78, 5) is 11.1. The molecule has 0 saturated carbocycles. The molecule has 2 heterocycles. The number of carbonyl (C=O) groups excluding carboxylic acids is 1. The van der Waals surface area contributed by atoms with E-state index in [1.807, 2.05) is 94.1 Å². The van der Waals surface area contributed by atoms with Crippen molar-refractivity contribution in [3.05, 3.63) is 25.4 Å². The maximum atomic E-state index is 11.1. The molecule has 2 aliphatic heterocycles. The van der Waals surface area contributed by atoms with Crippen molar-refractivity contribution >= 4 is 111 Å². The largest absolute Gasteiger partial charge is 0.853 e. The Morgan fingerprint density at radius 2 is 1.00 bits per heavy atom. The van der Waals surface area contributed by atoms with Crippen LogP contribution in [0.15, 0.2) is 25.4 Å². The van der Waals surface area contributed by atoms with Gasteiger partial charge in [0, 0.05) is 37.4 Å². The van der Waals surface area contributed by atoms with Crippen LogP contribution in [-0.2, 0) is 23.7 Å². The van der Waals surface area contributed by atoms with E-state index in [0.717, 1.165) is 29.4 Å². The van der Waals surface area contributed by atoms with Gasteiger partial charge in [-0.25, -0.2) is 0 Å². The Kier molecular flexibility index (Phi) is 26.4. The van der Waals surface area contributed by atoms with Gasteiger partial charge in [-0.05, 0) is 24.9 Å². The third kappa shape index (κ3) is 19.4. The molecule has 0 atom stereocenters. The number of ether oxygens (including phenoxy) is 4. The first-order chi connectivity index (χ1) is 21.1. The summed E-state index contributed by atoms with van der Waals surface area (Å²) in [5.41, 5.74) is 0. The van der Waals surface area contributed by atoms with Crippen LogP contribution in [0.5, 0.6) is 0 Å². The maximum Gasteiger partial charge on any atom is 0.185 e. The average Bonchev–Trinajstić information content (AvgIpc) is 3.60. The lowest BCUT2D eigenvalue weighted by atomic mass is 10.2.